The van der Waals surface area contributed by atoms with E-state index in [9.17, 15) is 9.18 Å². The van der Waals surface area contributed by atoms with Crippen LogP contribution in [0.15, 0.2) is 33.5 Å². The zero-order valence-corrected chi connectivity index (χ0v) is 12.5. The maximum Gasteiger partial charge on any atom is 0.265 e. The van der Waals surface area contributed by atoms with Gasteiger partial charge in [-0.15, -0.1) is 0 Å². The molecule has 1 heterocycles. The fourth-order valence-corrected chi connectivity index (χ4v) is 2.51. The maximum absolute atomic E-state index is 13.2. The number of aromatic nitrogens is 2. The van der Waals surface area contributed by atoms with E-state index >= 15 is 0 Å². The van der Waals surface area contributed by atoms with Crippen molar-refractivity contribution in [2.24, 2.45) is 0 Å². The molecule has 0 aliphatic heterocycles. The summed E-state index contributed by atoms with van der Waals surface area (Å²) in [6.07, 6.45) is 0. The van der Waals surface area contributed by atoms with E-state index in [-0.39, 0.29) is 16.8 Å². The van der Waals surface area contributed by atoms with Gasteiger partial charge in [-0.1, -0.05) is 32.9 Å². The Balaban J connectivity index is 2.67. The zero-order chi connectivity index (χ0) is 14.2. The first kappa shape index (κ1) is 13.9. The van der Waals surface area contributed by atoms with Crippen LogP contribution in [0.4, 0.5) is 4.39 Å². The second-order valence-corrected chi connectivity index (χ2v) is 6.13. The largest absolute Gasteiger partial charge is 0.306 e. The average Bonchev–Trinajstić information content (AvgIpc) is 2.31. The Morgan fingerprint density at radius 3 is 2.58 bits per heavy atom. The Bertz CT molecular complexity index is 674. The van der Waals surface area contributed by atoms with Crippen LogP contribution in [0.25, 0.3) is 11.4 Å². The van der Waals surface area contributed by atoms with Gasteiger partial charge >= 0.3 is 0 Å². The number of hydrogen-bond acceptors (Lipinski definition) is 2. The first-order valence-electron chi connectivity index (χ1n) is 5.85. The highest BCUT2D eigenvalue weighted by molar-refractivity contribution is 9.10. The van der Waals surface area contributed by atoms with E-state index < -0.39 is 0 Å². The predicted octanol–water partition coefficient (Wildman–Crippen LogP) is 3.64. The standard InChI is InChI=1S/C14H14BrFN2O/c1-14(2,3)11-10(15)13(19)18-12(17-11)8-5-4-6-9(16)7-8/h4-7H,1-3H3,(H,17,18,19). The second-order valence-electron chi connectivity index (χ2n) is 5.34. The fourth-order valence-electron chi connectivity index (χ4n) is 1.73. The molecule has 19 heavy (non-hydrogen) atoms. The number of benzene rings is 1. The van der Waals surface area contributed by atoms with Crippen molar-refractivity contribution in [2.45, 2.75) is 26.2 Å². The van der Waals surface area contributed by atoms with Crippen LogP contribution >= 0.6 is 15.9 Å². The summed E-state index contributed by atoms with van der Waals surface area (Å²) in [5, 5.41) is 0. The molecular formula is C14H14BrFN2O. The van der Waals surface area contributed by atoms with Gasteiger partial charge in [0.1, 0.15) is 16.1 Å². The van der Waals surface area contributed by atoms with E-state index in [0.29, 0.717) is 21.6 Å². The minimum atomic E-state index is -0.361. The molecule has 2 rings (SSSR count). The molecule has 100 valence electrons. The van der Waals surface area contributed by atoms with Gasteiger partial charge in [-0.2, -0.15) is 0 Å². The molecule has 0 bridgehead atoms. The summed E-state index contributed by atoms with van der Waals surface area (Å²) in [7, 11) is 0. The number of nitrogens with zero attached hydrogens (tertiary/aromatic N) is 1. The van der Waals surface area contributed by atoms with E-state index in [2.05, 4.69) is 25.9 Å². The molecule has 0 atom stereocenters. The topological polar surface area (TPSA) is 45.8 Å². The van der Waals surface area contributed by atoms with Gasteiger partial charge in [-0.25, -0.2) is 9.37 Å². The number of halogens is 2. The van der Waals surface area contributed by atoms with Crippen LogP contribution in [0.5, 0.6) is 0 Å². The third kappa shape index (κ3) is 2.92. The zero-order valence-electron chi connectivity index (χ0n) is 10.9. The third-order valence-corrected chi connectivity index (χ3v) is 3.41. The van der Waals surface area contributed by atoms with Gasteiger partial charge in [-0.05, 0) is 28.1 Å². The molecular weight excluding hydrogens is 311 g/mol. The lowest BCUT2D eigenvalue weighted by atomic mass is 9.92. The van der Waals surface area contributed by atoms with Crippen molar-refractivity contribution in [3.8, 4) is 11.4 Å². The summed E-state index contributed by atoms with van der Waals surface area (Å²) in [6.45, 7) is 5.90. The van der Waals surface area contributed by atoms with E-state index in [0.717, 1.165) is 0 Å². The number of hydrogen-bond donors (Lipinski definition) is 1. The summed E-state index contributed by atoms with van der Waals surface area (Å²) in [5.41, 5.74) is 0.652. The Labute approximate surface area is 119 Å². The summed E-state index contributed by atoms with van der Waals surface area (Å²) in [4.78, 5) is 19.0. The van der Waals surface area contributed by atoms with E-state index in [1.807, 2.05) is 20.8 Å². The molecule has 0 aliphatic rings. The minimum Gasteiger partial charge on any atom is -0.306 e. The van der Waals surface area contributed by atoms with Gasteiger partial charge in [0.05, 0.1) is 5.69 Å². The molecule has 2 aromatic rings. The predicted molar refractivity (Wildman–Crippen MR) is 76.7 cm³/mol. The van der Waals surface area contributed by atoms with Gasteiger partial charge in [0, 0.05) is 11.0 Å². The third-order valence-electron chi connectivity index (χ3n) is 2.67. The quantitative estimate of drug-likeness (QED) is 0.870. The molecule has 0 fully saturated rings. The molecule has 0 saturated heterocycles. The van der Waals surface area contributed by atoms with Gasteiger partial charge in [0.15, 0.2) is 0 Å². The van der Waals surface area contributed by atoms with Crippen LogP contribution < -0.4 is 5.56 Å². The average molecular weight is 325 g/mol. The van der Waals surface area contributed by atoms with Gasteiger partial charge in [0.2, 0.25) is 0 Å². The summed E-state index contributed by atoms with van der Waals surface area (Å²) < 4.78 is 13.7. The van der Waals surface area contributed by atoms with Crippen molar-refractivity contribution in [1.82, 2.24) is 9.97 Å². The van der Waals surface area contributed by atoms with Crippen LogP contribution in [0, 0.1) is 5.82 Å². The number of rotatable bonds is 1. The van der Waals surface area contributed by atoms with Crippen molar-refractivity contribution >= 4 is 15.9 Å². The van der Waals surface area contributed by atoms with E-state index in [1.54, 1.807) is 12.1 Å². The van der Waals surface area contributed by atoms with Gasteiger partial charge < -0.3 is 4.98 Å². The molecule has 1 aromatic carbocycles. The molecule has 3 nitrogen and oxygen atoms in total. The lowest BCUT2D eigenvalue weighted by Gasteiger charge is -2.19. The first-order valence-corrected chi connectivity index (χ1v) is 6.64. The molecule has 0 unspecified atom stereocenters. The minimum absolute atomic E-state index is 0.265. The van der Waals surface area contributed by atoms with Crippen LogP contribution in [0.3, 0.4) is 0 Å². The lowest BCUT2D eigenvalue weighted by molar-refractivity contribution is 0.562. The van der Waals surface area contributed by atoms with Crippen molar-refractivity contribution < 1.29 is 4.39 Å². The Morgan fingerprint density at radius 1 is 1.32 bits per heavy atom. The maximum atomic E-state index is 13.2. The van der Waals surface area contributed by atoms with Crippen LogP contribution in [0.1, 0.15) is 26.5 Å². The fraction of sp³-hybridized carbons (Fsp3) is 0.286. The highest BCUT2D eigenvalue weighted by atomic mass is 79.9. The molecule has 0 saturated carbocycles. The Morgan fingerprint density at radius 2 is 2.00 bits per heavy atom. The van der Waals surface area contributed by atoms with E-state index in [1.165, 1.54) is 12.1 Å². The van der Waals surface area contributed by atoms with Crippen LogP contribution in [-0.4, -0.2) is 9.97 Å². The highest BCUT2D eigenvalue weighted by Gasteiger charge is 2.22. The van der Waals surface area contributed by atoms with Crippen LogP contribution in [-0.2, 0) is 5.41 Å². The van der Waals surface area contributed by atoms with Crippen molar-refractivity contribution in [1.29, 1.82) is 0 Å². The molecule has 0 amide bonds. The Kier molecular flexibility index (Phi) is 3.58. The Hall–Kier alpha value is -1.49. The van der Waals surface area contributed by atoms with Gasteiger partial charge in [-0.3, -0.25) is 4.79 Å². The molecule has 1 aromatic heterocycles. The normalized spacial score (nSPS) is 11.6. The molecule has 0 aliphatic carbocycles. The summed E-state index contributed by atoms with van der Waals surface area (Å²) in [5.74, 6) is 0.0120. The number of H-pyrrole nitrogens is 1. The monoisotopic (exact) mass is 324 g/mol. The second kappa shape index (κ2) is 4.89. The molecule has 1 N–H and O–H groups in total. The summed E-state index contributed by atoms with van der Waals surface area (Å²) in [6, 6.07) is 5.99. The van der Waals surface area contributed by atoms with Crippen molar-refractivity contribution in [2.75, 3.05) is 0 Å². The molecule has 5 heteroatoms. The van der Waals surface area contributed by atoms with Crippen LogP contribution in [0.2, 0.25) is 0 Å². The highest BCUT2D eigenvalue weighted by Crippen LogP contribution is 2.27. The lowest BCUT2D eigenvalue weighted by Crippen LogP contribution is -2.22. The smallest absolute Gasteiger partial charge is 0.265 e. The SMILES string of the molecule is CC(C)(C)c1nc(-c2cccc(F)c2)[nH]c(=O)c1Br. The molecule has 0 spiro atoms. The van der Waals surface area contributed by atoms with Crippen molar-refractivity contribution in [3.05, 3.63) is 50.6 Å². The first-order chi connectivity index (χ1) is 8.79. The summed E-state index contributed by atoms with van der Waals surface area (Å²) >= 11 is 3.26. The van der Waals surface area contributed by atoms with Gasteiger partial charge in [0.25, 0.3) is 5.56 Å². The van der Waals surface area contributed by atoms with Crippen molar-refractivity contribution in [3.63, 3.8) is 0 Å². The number of nitrogens with one attached hydrogen (secondary N) is 1. The number of aromatic amines is 1. The van der Waals surface area contributed by atoms with E-state index in [4.69, 9.17) is 0 Å². The molecule has 0 radical (unpaired) electrons.